The van der Waals surface area contributed by atoms with Gasteiger partial charge in [-0.2, -0.15) is 0 Å². The summed E-state index contributed by atoms with van der Waals surface area (Å²) in [4.78, 5) is 0. The van der Waals surface area contributed by atoms with E-state index in [4.69, 9.17) is 0 Å². The van der Waals surface area contributed by atoms with Crippen molar-refractivity contribution in [3.63, 3.8) is 0 Å². The summed E-state index contributed by atoms with van der Waals surface area (Å²) < 4.78 is 0. The Bertz CT molecular complexity index is 233. The highest BCUT2D eigenvalue weighted by Gasteiger charge is 2.33. The molecular weight excluding hydrogens is 240 g/mol. The Morgan fingerprint density at radius 3 is 1.35 bits per heavy atom. The van der Waals surface area contributed by atoms with Crippen molar-refractivity contribution in [1.82, 2.24) is 0 Å². The van der Waals surface area contributed by atoms with E-state index in [-0.39, 0.29) is 0 Å². The zero-order valence-corrected chi connectivity index (χ0v) is 13.5. The Morgan fingerprint density at radius 1 is 0.500 bits per heavy atom. The van der Waals surface area contributed by atoms with Gasteiger partial charge in [-0.3, -0.25) is 0 Å². The lowest BCUT2D eigenvalue weighted by Crippen LogP contribution is -2.30. The summed E-state index contributed by atoms with van der Waals surface area (Å²) in [5, 5.41) is 0. The summed E-state index contributed by atoms with van der Waals surface area (Å²) in [5.74, 6) is 4.11. The van der Waals surface area contributed by atoms with Crippen molar-refractivity contribution in [1.29, 1.82) is 0 Å². The SMILES string of the molecule is [CH](C1CCCCC1)C(C1CCCCC1)C1CCCCC1. The monoisotopic (exact) mass is 275 g/mol. The van der Waals surface area contributed by atoms with Crippen LogP contribution in [0, 0.1) is 30.1 Å². The molecule has 0 N–H and O–H groups in total. The Hall–Kier alpha value is 0. The number of hydrogen-bond donors (Lipinski definition) is 0. The van der Waals surface area contributed by atoms with Gasteiger partial charge >= 0.3 is 0 Å². The van der Waals surface area contributed by atoms with E-state index >= 15 is 0 Å². The van der Waals surface area contributed by atoms with Gasteiger partial charge in [0, 0.05) is 0 Å². The van der Waals surface area contributed by atoms with Crippen molar-refractivity contribution in [2.75, 3.05) is 0 Å². The second kappa shape index (κ2) is 7.85. The predicted molar refractivity (Wildman–Crippen MR) is 87.5 cm³/mol. The normalized spacial score (nSPS) is 28.1. The highest BCUT2D eigenvalue weighted by molar-refractivity contribution is 4.94. The topological polar surface area (TPSA) is 0 Å². The summed E-state index contributed by atoms with van der Waals surface area (Å²) in [6.45, 7) is 0. The Labute approximate surface area is 127 Å². The second-order valence-corrected chi connectivity index (χ2v) is 7.96. The summed E-state index contributed by atoms with van der Waals surface area (Å²) in [6.07, 6.45) is 25.7. The van der Waals surface area contributed by atoms with Gasteiger partial charge in [0.05, 0.1) is 0 Å². The number of hydrogen-bond acceptors (Lipinski definition) is 0. The first-order valence-electron chi connectivity index (χ1n) is 9.78. The minimum atomic E-state index is 0.984. The molecule has 0 amide bonds. The van der Waals surface area contributed by atoms with Crippen LogP contribution in [0.5, 0.6) is 0 Å². The molecule has 0 atom stereocenters. The third kappa shape index (κ3) is 4.01. The zero-order chi connectivity index (χ0) is 13.6. The Kier molecular flexibility index (Phi) is 5.86. The summed E-state index contributed by atoms with van der Waals surface area (Å²) in [7, 11) is 0. The molecule has 0 saturated heterocycles. The van der Waals surface area contributed by atoms with Gasteiger partial charge in [-0.1, -0.05) is 96.3 Å². The van der Waals surface area contributed by atoms with Crippen LogP contribution < -0.4 is 0 Å². The van der Waals surface area contributed by atoms with Gasteiger partial charge in [0.2, 0.25) is 0 Å². The zero-order valence-electron chi connectivity index (χ0n) is 13.5. The highest BCUT2D eigenvalue weighted by atomic mass is 14.4. The first kappa shape index (κ1) is 14.9. The molecule has 0 spiro atoms. The van der Waals surface area contributed by atoms with Gasteiger partial charge in [0.1, 0.15) is 0 Å². The van der Waals surface area contributed by atoms with Crippen LogP contribution in [0.25, 0.3) is 0 Å². The molecule has 0 aromatic heterocycles. The van der Waals surface area contributed by atoms with Crippen molar-refractivity contribution in [3.8, 4) is 0 Å². The molecule has 3 saturated carbocycles. The average molecular weight is 275 g/mol. The smallest absolute Gasteiger partial charge is 0.0318 e. The van der Waals surface area contributed by atoms with Crippen molar-refractivity contribution in [2.24, 2.45) is 23.7 Å². The number of rotatable bonds is 4. The Morgan fingerprint density at radius 2 is 0.900 bits per heavy atom. The van der Waals surface area contributed by atoms with Gasteiger partial charge in [-0.05, 0) is 30.1 Å². The van der Waals surface area contributed by atoms with Gasteiger partial charge in [-0.15, -0.1) is 0 Å². The minimum Gasteiger partial charge on any atom is -0.0533 e. The molecule has 3 aliphatic carbocycles. The fourth-order valence-corrected chi connectivity index (χ4v) is 5.38. The molecule has 3 fully saturated rings. The van der Waals surface area contributed by atoms with Crippen LogP contribution in [0.2, 0.25) is 0 Å². The molecule has 0 unspecified atom stereocenters. The second-order valence-electron chi connectivity index (χ2n) is 7.96. The molecule has 0 aromatic rings. The van der Waals surface area contributed by atoms with E-state index < -0.39 is 0 Å². The largest absolute Gasteiger partial charge is 0.0533 e. The predicted octanol–water partition coefficient (Wildman–Crippen LogP) is 6.55. The molecular formula is C20H35. The van der Waals surface area contributed by atoms with Crippen molar-refractivity contribution in [3.05, 3.63) is 6.42 Å². The molecule has 0 nitrogen and oxygen atoms in total. The van der Waals surface area contributed by atoms with E-state index in [0.717, 1.165) is 23.7 Å². The minimum absolute atomic E-state index is 0.984. The van der Waals surface area contributed by atoms with E-state index in [1.54, 1.807) is 25.7 Å². The molecule has 3 aliphatic rings. The quantitative estimate of drug-likeness (QED) is 0.546. The third-order valence-electron chi connectivity index (χ3n) is 6.53. The maximum absolute atomic E-state index is 2.91. The molecule has 0 aliphatic heterocycles. The van der Waals surface area contributed by atoms with E-state index in [0.29, 0.717) is 0 Å². The van der Waals surface area contributed by atoms with Gasteiger partial charge in [-0.25, -0.2) is 0 Å². The summed E-state index contributed by atoms with van der Waals surface area (Å²) >= 11 is 0. The fraction of sp³-hybridized carbons (Fsp3) is 0.950. The van der Waals surface area contributed by atoms with Crippen LogP contribution in [0.4, 0.5) is 0 Å². The van der Waals surface area contributed by atoms with Crippen LogP contribution in [-0.2, 0) is 0 Å². The molecule has 0 heteroatoms. The highest BCUT2D eigenvalue weighted by Crippen LogP contribution is 2.44. The molecule has 20 heavy (non-hydrogen) atoms. The lowest BCUT2D eigenvalue weighted by atomic mass is 9.65. The van der Waals surface area contributed by atoms with Gasteiger partial charge in [0.25, 0.3) is 0 Å². The molecule has 115 valence electrons. The molecule has 0 bridgehead atoms. The first-order valence-corrected chi connectivity index (χ1v) is 9.78. The maximum atomic E-state index is 2.91. The fourth-order valence-electron chi connectivity index (χ4n) is 5.38. The van der Waals surface area contributed by atoms with Gasteiger partial charge in [0.15, 0.2) is 0 Å². The van der Waals surface area contributed by atoms with Crippen LogP contribution in [0.1, 0.15) is 96.3 Å². The molecule has 3 rings (SSSR count). The van der Waals surface area contributed by atoms with Crippen molar-refractivity contribution < 1.29 is 0 Å². The van der Waals surface area contributed by atoms with E-state index in [1.165, 1.54) is 70.6 Å². The molecule has 0 heterocycles. The van der Waals surface area contributed by atoms with Gasteiger partial charge < -0.3 is 0 Å². The lowest BCUT2D eigenvalue weighted by Gasteiger charge is -2.40. The van der Waals surface area contributed by atoms with E-state index in [1.807, 2.05) is 0 Å². The van der Waals surface area contributed by atoms with E-state index in [9.17, 15) is 0 Å². The van der Waals surface area contributed by atoms with Crippen LogP contribution in [-0.4, -0.2) is 0 Å². The van der Waals surface area contributed by atoms with Crippen LogP contribution in [0.3, 0.4) is 0 Å². The van der Waals surface area contributed by atoms with Crippen molar-refractivity contribution in [2.45, 2.75) is 96.3 Å². The summed E-state index contributed by atoms with van der Waals surface area (Å²) in [5.41, 5.74) is 0. The van der Waals surface area contributed by atoms with Crippen LogP contribution in [0.15, 0.2) is 0 Å². The molecule has 0 aromatic carbocycles. The standard InChI is InChI=1S/C20H35/c1-4-10-17(11-5-1)16-20(18-12-6-2-7-13-18)19-14-8-3-9-15-19/h16-20H,1-15H2. The lowest BCUT2D eigenvalue weighted by molar-refractivity contribution is 0.152. The Balaban J connectivity index is 1.61. The van der Waals surface area contributed by atoms with E-state index in [2.05, 4.69) is 6.42 Å². The van der Waals surface area contributed by atoms with Crippen LogP contribution >= 0.6 is 0 Å². The third-order valence-corrected chi connectivity index (χ3v) is 6.53. The molecule has 1 radical (unpaired) electrons. The van der Waals surface area contributed by atoms with Crippen molar-refractivity contribution >= 4 is 0 Å². The first-order chi connectivity index (χ1) is 9.93. The average Bonchev–Trinajstić information content (AvgIpc) is 2.55. The maximum Gasteiger partial charge on any atom is -0.0318 e. The summed E-state index contributed by atoms with van der Waals surface area (Å²) in [6, 6.07) is 0.